The molecule has 0 radical (unpaired) electrons. The minimum absolute atomic E-state index is 0.224. The Morgan fingerprint density at radius 3 is 2.76 bits per heavy atom. The number of imide groups is 1. The maximum Gasteiger partial charge on any atom is 0.328 e. The minimum Gasteiger partial charge on any atom is -0.296 e. The van der Waals surface area contributed by atoms with Gasteiger partial charge in [0.1, 0.15) is 0 Å². The number of fused-ring (bicyclic) bond motifs is 1. The van der Waals surface area contributed by atoms with Crippen LogP contribution in [0.1, 0.15) is 52.0 Å². The highest BCUT2D eigenvalue weighted by atomic mass is 16.2. The molecule has 2 aromatic heterocycles. The van der Waals surface area contributed by atoms with Crippen molar-refractivity contribution in [3.63, 3.8) is 0 Å². The van der Waals surface area contributed by atoms with Crippen molar-refractivity contribution in [1.29, 1.82) is 0 Å². The number of amides is 3. The van der Waals surface area contributed by atoms with Crippen LogP contribution < -0.4 is 10.2 Å². The van der Waals surface area contributed by atoms with Crippen molar-refractivity contribution < 1.29 is 9.59 Å². The Labute approximate surface area is 195 Å². The molecule has 3 aliphatic rings. The quantitative estimate of drug-likeness (QED) is 0.729. The lowest BCUT2D eigenvalue weighted by Gasteiger charge is -2.49. The number of aromatic nitrogens is 2. The minimum atomic E-state index is -0.373. The number of carbonyl (C=O) groups excluding carboxylic acids is 2. The van der Waals surface area contributed by atoms with Crippen LogP contribution in [0, 0.1) is 11.8 Å². The lowest BCUT2D eigenvalue weighted by atomic mass is 9.70. The van der Waals surface area contributed by atoms with Crippen LogP contribution in [0.4, 0.5) is 10.5 Å². The fraction of sp³-hybridized carbons (Fsp3) is 0.640. The molecule has 178 valence electrons. The fourth-order valence-electron chi connectivity index (χ4n) is 5.95. The highest BCUT2D eigenvalue weighted by molar-refractivity contribution is 6.07. The summed E-state index contributed by atoms with van der Waals surface area (Å²) in [6, 6.07) is 5.10. The molecule has 2 atom stereocenters. The number of rotatable bonds is 6. The van der Waals surface area contributed by atoms with Gasteiger partial charge < -0.3 is 0 Å². The van der Waals surface area contributed by atoms with Gasteiger partial charge in [0, 0.05) is 57.4 Å². The molecule has 1 N–H and O–H groups in total. The van der Waals surface area contributed by atoms with E-state index >= 15 is 0 Å². The molecule has 8 nitrogen and oxygen atoms in total. The number of piperazine rings is 1. The van der Waals surface area contributed by atoms with Gasteiger partial charge in [-0.2, -0.15) is 5.10 Å². The summed E-state index contributed by atoms with van der Waals surface area (Å²) in [5, 5.41) is 6.81. The topological polar surface area (TPSA) is 73.2 Å². The largest absolute Gasteiger partial charge is 0.328 e. The molecule has 0 bridgehead atoms. The predicted octanol–water partition coefficient (Wildman–Crippen LogP) is 3.11. The van der Waals surface area contributed by atoms with Crippen molar-refractivity contribution in [2.45, 2.75) is 65.1 Å². The summed E-state index contributed by atoms with van der Waals surface area (Å²) < 4.78 is 1.80. The summed E-state index contributed by atoms with van der Waals surface area (Å²) in [7, 11) is 0. The van der Waals surface area contributed by atoms with Gasteiger partial charge in [0.2, 0.25) is 5.91 Å². The van der Waals surface area contributed by atoms with Crippen molar-refractivity contribution in [3.8, 4) is 0 Å². The van der Waals surface area contributed by atoms with Crippen LogP contribution in [0.3, 0.4) is 0 Å². The number of hydrogen-bond acceptors (Lipinski definition) is 5. The number of pyridine rings is 1. The second-order valence-corrected chi connectivity index (χ2v) is 10.2. The Bertz CT molecular complexity index is 1030. The van der Waals surface area contributed by atoms with Crippen LogP contribution in [0.2, 0.25) is 0 Å². The maximum atomic E-state index is 12.3. The molecule has 33 heavy (non-hydrogen) atoms. The van der Waals surface area contributed by atoms with E-state index in [0.717, 1.165) is 49.2 Å². The van der Waals surface area contributed by atoms with Gasteiger partial charge in [-0.1, -0.05) is 13.3 Å². The van der Waals surface area contributed by atoms with Gasteiger partial charge in [-0.3, -0.25) is 24.8 Å². The van der Waals surface area contributed by atoms with E-state index in [1.54, 1.807) is 15.6 Å². The van der Waals surface area contributed by atoms with Gasteiger partial charge in [0.25, 0.3) is 0 Å². The smallest absolute Gasteiger partial charge is 0.296 e. The summed E-state index contributed by atoms with van der Waals surface area (Å²) >= 11 is 0. The Hall–Kier alpha value is -2.45. The monoisotopic (exact) mass is 452 g/mol. The lowest BCUT2D eigenvalue weighted by Crippen LogP contribution is -2.57. The van der Waals surface area contributed by atoms with E-state index in [0.29, 0.717) is 25.0 Å². The lowest BCUT2D eigenvalue weighted by molar-refractivity contribution is -0.120. The first-order valence-electron chi connectivity index (χ1n) is 12.5. The van der Waals surface area contributed by atoms with E-state index in [4.69, 9.17) is 0 Å². The normalized spacial score (nSPS) is 28.1. The Morgan fingerprint density at radius 2 is 2.03 bits per heavy atom. The van der Waals surface area contributed by atoms with E-state index in [1.807, 2.05) is 6.20 Å². The van der Waals surface area contributed by atoms with Crippen molar-refractivity contribution in [2.75, 3.05) is 31.1 Å². The molecule has 2 saturated heterocycles. The highest BCUT2D eigenvalue weighted by Crippen LogP contribution is 2.40. The molecule has 4 heterocycles. The van der Waals surface area contributed by atoms with Gasteiger partial charge >= 0.3 is 6.03 Å². The number of anilines is 1. The van der Waals surface area contributed by atoms with Crippen LogP contribution in [-0.2, 0) is 11.3 Å². The maximum absolute atomic E-state index is 12.3. The highest BCUT2D eigenvalue weighted by Gasteiger charge is 2.37. The van der Waals surface area contributed by atoms with Crippen LogP contribution in [0.15, 0.2) is 24.5 Å². The van der Waals surface area contributed by atoms with Gasteiger partial charge in [0.15, 0.2) is 0 Å². The average Bonchev–Trinajstić information content (AvgIpc) is 3.16. The second-order valence-electron chi connectivity index (χ2n) is 10.2. The predicted molar refractivity (Wildman–Crippen MR) is 128 cm³/mol. The third kappa shape index (κ3) is 4.38. The average molecular weight is 453 g/mol. The molecule has 3 fully saturated rings. The molecule has 0 spiro atoms. The van der Waals surface area contributed by atoms with Gasteiger partial charge in [-0.05, 0) is 56.2 Å². The first-order chi connectivity index (χ1) is 15.9. The summed E-state index contributed by atoms with van der Waals surface area (Å²) in [5.74, 6) is 1.60. The SMILES string of the molecule is CCC1CC([C@@H](C)N2CCN(Cc3ccn4ncc(N5CCC(=O)NC5=O)c4c3)C[C@@H]2C)C1. The number of nitrogens with zero attached hydrogens (tertiary/aromatic N) is 5. The van der Waals surface area contributed by atoms with E-state index in [-0.39, 0.29) is 11.9 Å². The third-order valence-electron chi connectivity index (χ3n) is 8.13. The van der Waals surface area contributed by atoms with E-state index in [9.17, 15) is 9.59 Å². The number of carbonyl (C=O) groups is 2. The zero-order chi connectivity index (χ0) is 23.1. The standard InChI is InChI=1S/C25H36N6O2/c1-4-19-11-21(12-19)18(3)29-10-9-28(15-17(29)2)16-20-5-8-31-22(13-20)23(14-26-31)30-7-6-24(32)27-25(30)33/h5,8,13-14,17-19,21H,4,6-7,9-12,15-16H2,1-3H3,(H,27,32,33)/t17-,18+,19?,21?/m0/s1. The molecule has 0 unspecified atom stereocenters. The molecule has 1 saturated carbocycles. The second kappa shape index (κ2) is 9.06. The van der Waals surface area contributed by atoms with Crippen LogP contribution in [-0.4, -0.2) is 69.6 Å². The molecule has 3 amide bonds. The number of urea groups is 1. The number of nitrogens with one attached hydrogen (secondary N) is 1. The van der Waals surface area contributed by atoms with Crippen molar-refractivity contribution in [3.05, 3.63) is 30.1 Å². The summed E-state index contributed by atoms with van der Waals surface area (Å²) in [5.41, 5.74) is 2.86. The first kappa shape index (κ1) is 22.3. The molecular weight excluding hydrogens is 416 g/mol. The van der Waals surface area contributed by atoms with Crippen LogP contribution in [0.5, 0.6) is 0 Å². The zero-order valence-electron chi connectivity index (χ0n) is 20.0. The van der Waals surface area contributed by atoms with Crippen molar-refractivity contribution in [2.24, 2.45) is 11.8 Å². The van der Waals surface area contributed by atoms with Crippen molar-refractivity contribution in [1.82, 2.24) is 24.7 Å². The van der Waals surface area contributed by atoms with Crippen molar-refractivity contribution >= 4 is 23.1 Å². The van der Waals surface area contributed by atoms with Gasteiger partial charge in [-0.15, -0.1) is 0 Å². The molecular formula is C25H36N6O2. The molecule has 2 aromatic rings. The molecule has 2 aliphatic heterocycles. The van der Waals surface area contributed by atoms with E-state index in [2.05, 4.69) is 53.1 Å². The Morgan fingerprint density at radius 1 is 1.21 bits per heavy atom. The molecule has 5 rings (SSSR count). The molecule has 8 heteroatoms. The first-order valence-corrected chi connectivity index (χ1v) is 12.5. The third-order valence-corrected chi connectivity index (χ3v) is 8.13. The van der Waals surface area contributed by atoms with Gasteiger partial charge in [0.05, 0.1) is 17.4 Å². The molecule has 0 aromatic carbocycles. The van der Waals surface area contributed by atoms with Crippen LogP contribution >= 0.6 is 0 Å². The fourth-order valence-corrected chi connectivity index (χ4v) is 5.95. The van der Waals surface area contributed by atoms with Gasteiger partial charge in [-0.25, -0.2) is 9.31 Å². The zero-order valence-corrected chi connectivity index (χ0v) is 20.0. The summed E-state index contributed by atoms with van der Waals surface area (Å²) in [4.78, 5) is 30.7. The number of hydrogen-bond donors (Lipinski definition) is 1. The Kier molecular flexibility index (Phi) is 6.14. The molecule has 1 aliphatic carbocycles. The van der Waals surface area contributed by atoms with E-state index in [1.165, 1.54) is 24.8 Å². The Balaban J connectivity index is 1.24. The summed E-state index contributed by atoms with van der Waals surface area (Å²) in [6.07, 6.45) is 8.12. The van der Waals surface area contributed by atoms with E-state index < -0.39 is 0 Å². The van der Waals surface area contributed by atoms with Crippen LogP contribution in [0.25, 0.3) is 5.52 Å². The summed E-state index contributed by atoms with van der Waals surface area (Å²) in [6.45, 7) is 11.7.